The number of nitrogens with zero attached hydrogens (tertiary/aromatic N) is 1. The first kappa shape index (κ1) is 12.0. The zero-order valence-corrected chi connectivity index (χ0v) is 10.3. The lowest BCUT2D eigenvalue weighted by atomic mass is 9.86. The van der Waals surface area contributed by atoms with Gasteiger partial charge in [0.2, 0.25) is 0 Å². The van der Waals surface area contributed by atoms with Crippen LogP contribution in [0, 0.1) is 5.41 Å². The summed E-state index contributed by atoms with van der Waals surface area (Å²) in [4.78, 5) is 2.62. The second-order valence-corrected chi connectivity index (χ2v) is 4.74. The van der Waals surface area contributed by atoms with Crippen molar-refractivity contribution < 1.29 is 0 Å². The molecule has 2 saturated heterocycles. The maximum Gasteiger partial charge on any atom is 0.00538 e. The lowest BCUT2D eigenvalue weighted by molar-refractivity contribution is 0.233. The van der Waals surface area contributed by atoms with Gasteiger partial charge in [-0.05, 0) is 45.2 Å². The van der Waals surface area contributed by atoms with Crippen molar-refractivity contribution in [1.82, 2.24) is 10.2 Å². The second-order valence-electron chi connectivity index (χ2n) is 4.74. The molecule has 0 radical (unpaired) electrons. The van der Waals surface area contributed by atoms with Crippen LogP contribution in [-0.2, 0) is 0 Å². The van der Waals surface area contributed by atoms with Gasteiger partial charge in [0.25, 0.3) is 0 Å². The van der Waals surface area contributed by atoms with Gasteiger partial charge in [-0.3, -0.25) is 0 Å². The summed E-state index contributed by atoms with van der Waals surface area (Å²) in [6.45, 7) is 13.8. The highest BCUT2D eigenvalue weighted by atomic mass is 15.2. The molecule has 1 unspecified atom stereocenters. The van der Waals surface area contributed by atoms with E-state index in [4.69, 9.17) is 0 Å². The van der Waals surface area contributed by atoms with Crippen LogP contribution < -0.4 is 5.32 Å². The molecule has 1 spiro atoms. The topological polar surface area (TPSA) is 15.3 Å². The Morgan fingerprint density at radius 3 is 2.36 bits per heavy atom. The molecule has 2 nitrogen and oxygen atoms in total. The molecule has 2 fully saturated rings. The zero-order valence-electron chi connectivity index (χ0n) is 10.3. The van der Waals surface area contributed by atoms with Crippen LogP contribution in [0.3, 0.4) is 0 Å². The monoisotopic (exact) mass is 198 g/mol. The Bertz CT molecular complexity index is 160. The molecule has 0 aromatic heterocycles. The average Bonchev–Trinajstić information content (AvgIpc) is 2.81. The number of hydrogen-bond acceptors (Lipinski definition) is 2. The van der Waals surface area contributed by atoms with E-state index in [9.17, 15) is 0 Å². The Kier molecular flexibility index (Phi) is 4.39. The van der Waals surface area contributed by atoms with E-state index < -0.39 is 0 Å². The molecule has 2 aliphatic heterocycles. The van der Waals surface area contributed by atoms with E-state index in [2.05, 4.69) is 24.1 Å². The maximum atomic E-state index is 3.49. The SMILES string of the molecule is CC.CC(C)N1CCC2(CCNC2)C1. The third-order valence-corrected chi connectivity index (χ3v) is 3.53. The van der Waals surface area contributed by atoms with Crippen molar-refractivity contribution in [3.8, 4) is 0 Å². The zero-order chi connectivity index (χ0) is 10.6. The van der Waals surface area contributed by atoms with Crippen molar-refractivity contribution in [2.45, 2.75) is 46.6 Å². The fraction of sp³-hybridized carbons (Fsp3) is 1.00. The molecular formula is C12H26N2. The van der Waals surface area contributed by atoms with Crippen molar-refractivity contribution in [2.24, 2.45) is 5.41 Å². The third-order valence-electron chi connectivity index (χ3n) is 3.53. The average molecular weight is 198 g/mol. The Morgan fingerprint density at radius 2 is 1.93 bits per heavy atom. The summed E-state index contributed by atoms with van der Waals surface area (Å²) < 4.78 is 0. The second kappa shape index (κ2) is 5.13. The van der Waals surface area contributed by atoms with Gasteiger partial charge in [0.05, 0.1) is 0 Å². The normalized spacial score (nSPS) is 32.4. The van der Waals surface area contributed by atoms with Crippen molar-refractivity contribution in [1.29, 1.82) is 0 Å². The summed E-state index contributed by atoms with van der Waals surface area (Å²) in [7, 11) is 0. The number of rotatable bonds is 1. The molecule has 1 atom stereocenters. The van der Waals surface area contributed by atoms with Gasteiger partial charge < -0.3 is 10.2 Å². The predicted molar refractivity (Wildman–Crippen MR) is 62.6 cm³/mol. The highest BCUT2D eigenvalue weighted by Crippen LogP contribution is 2.36. The highest BCUT2D eigenvalue weighted by molar-refractivity contribution is 4.96. The molecule has 0 amide bonds. The van der Waals surface area contributed by atoms with Crippen LogP contribution in [0.25, 0.3) is 0 Å². The van der Waals surface area contributed by atoms with Gasteiger partial charge in [0, 0.05) is 19.1 Å². The molecule has 2 heterocycles. The highest BCUT2D eigenvalue weighted by Gasteiger charge is 2.40. The lowest BCUT2D eigenvalue weighted by Crippen LogP contribution is -2.33. The van der Waals surface area contributed by atoms with Crippen LogP contribution in [0.5, 0.6) is 0 Å². The van der Waals surface area contributed by atoms with E-state index in [0.717, 1.165) is 6.04 Å². The molecule has 2 heteroatoms. The summed E-state index contributed by atoms with van der Waals surface area (Å²) in [6.07, 6.45) is 2.81. The Labute approximate surface area is 89.1 Å². The first-order valence-corrected chi connectivity index (χ1v) is 6.17. The summed E-state index contributed by atoms with van der Waals surface area (Å²) in [5, 5.41) is 3.49. The third kappa shape index (κ3) is 2.48. The van der Waals surface area contributed by atoms with Crippen LogP contribution >= 0.6 is 0 Å². The van der Waals surface area contributed by atoms with Crippen molar-refractivity contribution >= 4 is 0 Å². The first-order valence-electron chi connectivity index (χ1n) is 6.17. The largest absolute Gasteiger partial charge is 0.316 e. The predicted octanol–water partition coefficient (Wildman–Crippen LogP) is 2.11. The Hall–Kier alpha value is -0.0800. The van der Waals surface area contributed by atoms with Crippen molar-refractivity contribution in [3.05, 3.63) is 0 Å². The molecular weight excluding hydrogens is 172 g/mol. The van der Waals surface area contributed by atoms with Gasteiger partial charge in [-0.15, -0.1) is 0 Å². The minimum absolute atomic E-state index is 0.657. The van der Waals surface area contributed by atoms with Gasteiger partial charge in [-0.2, -0.15) is 0 Å². The lowest BCUT2D eigenvalue weighted by Gasteiger charge is -2.25. The van der Waals surface area contributed by atoms with E-state index in [1.165, 1.54) is 39.0 Å². The molecule has 0 aromatic rings. The fourth-order valence-electron chi connectivity index (χ4n) is 2.55. The van der Waals surface area contributed by atoms with Gasteiger partial charge in [0.1, 0.15) is 0 Å². The Balaban J connectivity index is 0.000000461. The molecule has 1 N–H and O–H groups in total. The summed E-state index contributed by atoms with van der Waals surface area (Å²) in [5.41, 5.74) is 0.657. The molecule has 14 heavy (non-hydrogen) atoms. The quantitative estimate of drug-likeness (QED) is 0.694. The number of hydrogen-bond donors (Lipinski definition) is 1. The van der Waals surface area contributed by atoms with Gasteiger partial charge in [-0.25, -0.2) is 0 Å². The molecule has 0 bridgehead atoms. The van der Waals surface area contributed by atoms with E-state index in [0.29, 0.717) is 5.41 Å². The van der Waals surface area contributed by atoms with Gasteiger partial charge in [0.15, 0.2) is 0 Å². The van der Waals surface area contributed by atoms with Crippen LogP contribution in [0.15, 0.2) is 0 Å². The van der Waals surface area contributed by atoms with E-state index >= 15 is 0 Å². The minimum Gasteiger partial charge on any atom is -0.316 e. The number of nitrogens with one attached hydrogen (secondary N) is 1. The van der Waals surface area contributed by atoms with E-state index in [1.54, 1.807) is 0 Å². The fourth-order valence-corrected chi connectivity index (χ4v) is 2.55. The van der Waals surface area contributed by atoms with Crippen LogP contribution in [-0.4, -0.2) is 37.1 Å². The molecule has 0 aliphatic carbocycles. The molecule has 0 aromatic carbocycles. The summed E-state index contributed by atoms with van der Waals surface area (Å²) in [5.74, 6) is 0. The van der Waals surface area contributed by atoms with Crippen molar-refractivity contribution in [2.75, 3.05) is 26.2 Å². The molecule has 2 rings (SSSR count). The van der Waals surface area contributed by atoms with Crippen LogP contribution in [0.2, 0.25) is 0 Å². The first-order chi connectivity index (χ1) is 6.72. The Morgan fingerprint density at radius 1 is 1.21 bits per heavy atom. The van der Waals surface area contributed by atoms with Crippen molar-refractivity contribution in [3.63, 3.8) is 0 Å². The molecule has 2 aliphatic rings. The summed E-state index contributed by atoms with van der Waals surface area (Å²) >= 11 is 0. The van der Waals surface area contributed by atoms with E-state index in [1.807, 2.05) is 13.8 Å². The van der Waals surface area contributed by atoms with Crippen LogP contribution in [0.1, 0.15) is 40.5 Å². The summed E-state index contributed by atoms with van der Waals surface area (Å²) in [6, 6.07) is 0.741. The van der Waals surface area contributed by atoms with Crippen LogP contribution in [0.4, 0.5) is 0 Å². The van der Waals surface area contributed by atoms with E-state index in [-0.39, 0.29) is 0 Å². The molecule has 0 saturated carbocycles. The molecule has 84 valence electrons. The number of likely N-dealkylation sites (tertiary alicyclic amines) is 1. The smallest absolute Gasteiger partial charge is 0.00538 e. The van der Waals surface area contributed by atoms with Gasteiger partial charge >= 0.3 is 0 Å². The standard InChI is InChI=1S/C10H20N2.C2H6/c1-9(2)12-6-4-10(8-12)3-5-11-7-10;1-2/h9,11H,3-8H2,1-2H3;1-2H3. The van der Waals surface area contributed by atoms with Gasteiger partial charge in [-0.1, -0.05) is 13.8 Å². The maximum absolute atomic E-state index is 3.49. The minimum atomic E-state index is 0.657.